The Hall–Kier alpha value is -4.26. The van der Waals surface area contributed by atoms with E-state index in [1.807, 2.05) is 18.2 Å². The summed E-state index contributed by atoms with van der Waals surface area (Å²) < 4.78 is 14.9. The molecule has 2 N–H and O–H groups in total. The van der Waals surface area contributed by atoms with E-state index >= 15 is 0 Å². The second-order valence-electron chi connectivity index (χ2n) is 7.55. The van der Waals surface area contributed by atoms with Crippen molar-refractivity contribution in [1.82, 2.24) is 14.9 Å². The quantitative estimate of drug-likeness (QED) is 0.288. The Morgan fingerprint density at radius 2 is 1.75 bits per heavy atom. The summed E-state index contributed by atoms with van der Waals surface area (Å²) in [6.07, 6.45) is 4.74. The molecule has 1 unspecified atom stereocenters. The maximum atomic E-state index is 14.9. The Morgan fingerprint density at radius 1 is 1.03 bits per heavy atom. The average Bonchev–Trinajstić information content (AvgIpc) is 3.35. The second kappa shape index (κ2) is 7.77. The first-order chi connectivity index (χ1) is 15.6. The van der Waals surface area contributed by atoms with Gasteiger partial charge in [-0.1, -0.05) is 36.4 Å². The first-order valence-corrected chi connectivity index (χ1v) is 10.0. The van der Waals surface area contributed by atoms with Crippen LogP contribution in [0.25, 0.3) is 16.7 Å². The molecule has 1 saturated heterocycles. The molecular weight excluding hydrogens is 409 g/mol. The average molecular weight is 427 g/mol. The van der Waals surface area contributed by atoms with Gasteiger partial charge in [-0.15, -0.1) is 0 Å². The molecule has 7 heteroatoms. The lowest BCUT2D eigenvalue weighted by Gasteiger charge is -2.25. The highest BCUT2D eigenvalue weighted by molar-refractivity contribution is 6.46. The highest BCUT2D eigenvalue weighted by Crippen LogP contribution is 2.42. The summed E-state index contributed by atoms with van der Waals surface area (Å²) in [5.41, 5.74) is 1.88. The minimum absolute atomic E-state index is 0.0662. The number of aromatic amines is 1. The lowest BCUT2D eigenvalue weighted by molar-refractivity contribution is -0.140. The number of benzene rings is 2. The van der Waals surface area contributed by atoms with Crippen molar-refractivity contribution in [3.63, 3.8) is 0 Å². The number of Topliss-reactive ketones (excluding diaryl/α,β-unsaturated/α-hetero) is 1. The Balaban J connectivity index is 1.71. The van der Waals surface area contributed by atoms with Gasteiger partial charge >= 0.3 is 0 Å². The largest absolute Gasteiger partial charge is 0.507 e. The molecule has 32 heavy (non-hydrogen) atoms. The van der Waals surface area contributed by atoms with E-state index in [9.17, 15) is 19.1 Å². The molecule has 1 aliphatic heterocycles. The van der Waals surface area contributed by atoms with Crippen LogP contribution in [0.15, 0.2) is 84.8 Å². The summed E-state index contributed by atoms with van der Waals surface area (Å²) in [5, 5.41) is 11.9. The lowest BCUT2D eigenvalue weighted by atomic mass is 9.94. The summed E-state index contributed by atoms with van der Waals surface area (Å²) in [7, 11) is 0. The summed E-state index contributed by atoms with van der Waals surface area (Å²) >= 11 is 0. The number of aromatic nitrogens is 2. The number of nitrogens with zero attached hydrogens (tertiary/aromatic N) is 2. The fourth-order valence-electron chi connectivity index (χ4n) is 4.16. The zero-order valence-corrected chi connectivity index (χ0v) is 16.8. The normalized spacial score (nSPS) is 17.9. The third-order valence-corrected chi connectivity index (χ3v) is 5.69. The van der Waals surface area contributed by atoms with Gasteiger partial charge in [-0.05, 0) is 29.8 Å². The van der Waals surface area contributed by atoms with E-state index in [0.717, 1.165) is 11.1 Å². The first kappa shape index (κ1) is 19.7. The number of rotatable bonds is 4. The van der Waals surface area contributed by atoms with Crippen molar-refractivity contribution in [2.75, 3.05) is 0 Å². The minimum atomic E-state index is -1.07. The number of pyridine rings is 1. The molecule has 2 aromatic heterocycles. The van der Waals surface area contributed by atoms with Crippen LogP contribution >= 0.6 is 0 Å². The van der Waals surface area contributed by atoms with E-state index in [0.29, 0.717) is 10.9 Å². The molecule has 1 amide bonds. The van der Waals surface area contributed by atoms with Gasteiger partial charge in [-0.2, -0.15) is 0 Å². The zero-order chi connectivity index (χ0) is 22.2. The number of aliphatic hydroxyl groups is 1. The third kappa shape index (κ3) is 3.15. The van der Waals surface area contributed by atoms with Crippen LogP contribution in [0.2, 0.25) is 0 Å². The van der Waals surface area contributed by atoms with Crippen molar-refractivity contribution in [2.45, 2.75) is 12.6 Å². The number of hydrogen-bond donors (Lipinski definition) is 2. The predicted octanol–water partition coefficient (Wildman–Crippen LogP) is 4.32. The van der Waals surface area contributed by atoms with E-state index in [2.05, 4.69) is 9.97 Å². The van der Waals surface area contributed by atoms with Crippen LogP contribution in [0, 0.1) is 5.82 Å². The Labute approximate surface area is 182 Å². The van der Waals surface area contributed by atoms with Crippen molar-refractivity contribution in [3.05, 3.63) is 107 Å². The summed E-state index contributed by atoms with van der Waals surface area (Å²) in [6, 6.07) is 15.6. The van der Waals surface area contributed by atoms with Gasteiger partial charge in [0.15, 0.2) is 0 Å². The number of hydrogen-bond acceptors (Lipinski definition) is 4. The minimum Gasteiger partial charge on any atom is -0.507 e. The van der Waals surface area contributed by atoms with E-state index < -0.39 is 23.5 Å². The predicted molar refractivity (Wildman–Crippen MR) is 117 cm³/mol. The SMILES string of the molecule is O=C1C(=O)N(Cc2ccncc2)C(c2ccccc2F)/C1=C(\O)c1c[nH]c2ccccc12. The number of carbonyl (C=O) groups excluding carboxylic acids is 2. The molecule has 5 rings (SSSR count). The van der Waals surface area contributed by atoms with Gasteiger partial charge in [0.25, 0.3) is 11.7 Å². The highest BCUT2D eigenvalue weighted by Gasteiger charge is 2.47. The molecule has 4 aromatic rings. The fraction of sp³-hybridized carbons (Fsp3) is 0.0800. The zero-order valence-electron chi connectivity index (χ0n) is 16.8. The maximum Gasteiger partial charge on any atom is 0.295 e. The molecule has 1 atom stereocenters. The van der Waals surface area contributed by atoms with Crippen LogP contribution in [-0.2, 0) is 16.1 Å². The van der Waals surface area contributed by atoms with E-state index in [1.54, 1.807) is 42.9 Å². The number of para-hydroxylation sites is 1. The van der Waals surface area contributed by atoms with Crippen molar-refractivity contribution < 1.29 is 19.1 Å². The second-order valence-corrected chi connectivity index (χ2v) is 7.55. The standard InChI is InChI=1S/C25H18FN3O3/c26-19-7-3-1-6-17(19)22-21(23(30)18-13-28-20-8-4-2-5-16(18)20)24(31)25(32)29(22)14-15-9-11-27-12-10-15/h1-13,22,28,30H,14H2/b23-21+. The molecule has 1 fully saturated rings. The number of H-pyrrole nitrogens is 1. The van der Waals surface area contributed by atoms with Gasteiger partial charge in [0.05, 0.1) is 11.6 Å². The maximum absolute atomic E-state index is 14.9. The molecule has 2 aromatic carbocycles. The number of aliphatic hydroxyl groups excluding tert-OH is 1. The topological polar surface area (TPSA) is 86.3 Å². The number of nitrogens with one attached hydrogen (secondary N) is 1. The van der Waals surface area contributed by atoms with Gasteiger partial charge in [0, 0.05) is 47.2 Å². The highest BCUT2D eigenvalue weighted by atomic mass is 19.1. The molecular formula is C25H18FN3O3. The number of halogens is 1. The van der Waals surface area contributed by atoms with Crippen molar-refractivity contribution in [1.29, 1.82) is 0 Å². The van der Waals surface area contributed by atoms with Crippen LogP contribution in [0.5, 0.6) is 0 Å². The summed E-state index contributed by atoms with van der Waals surface area (Å²) in [4.78, 5) is 34.5. The fourth-order valence-corrected chi connectivity index (χ4v) is 4.16. The Bertz CT molecular complexity index is 1380. The van der Waals surface area contributed by atoms with Crippen LogP contribution < -0.4 is 0 Å². The molecule has 3 heterocycles. The first-order valence-electron chi connectivity index (χ1n) is 10.0. The van der Waals surface area contributed by atoms with Gasteiger partial charge in [-0.25, -0.2) is 4.39 Å². The molecule has 0 bridgehead atoms. The molecule has 6 nitrogen and oxygen atoms in total. The van der Waals surface area contributed by atoms with Crippen molar-refractivity contribution in [3.8, 4) is 0 Å². The molecule has 1 aliphatic rings. The molecule has 0 saturated carbocycles. The van der Waals surface area contributed by atoms with E-state index in [4.69, 9.17) is 0 Å². The summed E-state index contributed by atoms with van der Waals surface area (Å²) in [6.45, 7) is 0.0662. The van der Waals surface area contributed by atoms with Crippen LogP contribution in [0.4, 0.5) is 4.39 Å². The van der Waals surface area contributed by atoms with Crippen LogP contribution in [-0.4, -0.2) is 31.7 Å². The monoisotopic (exact) mass is 427 g/mol. The molecule has 0 aliphatic carbocycles. The molecule has 0 radical (unpaired) electrons. The number of carbonyl (C=O) groups is 2. The molecule has 158 valence electrons. The third-order valence-electron chi connectivity index (χ3n) is 5.69. The van der Waals surface area contributed by atoms with Crippen molar-refractivity contribution in [2.24, 2.45) is 0 Å². The smallest absolute Gasteiger partial charge is 0.295 e. The summed E-state index contributed by atoms with van der Waals surface area (Å²) in [5.74, 6) is -2.55. The number of fused-ring (bicyclic) bond motifs is 1. The van der Waals surface area contributed by atoms with Gasteiger partial charge in [0.2, 0.25) is 0 Å². The van der Waals surface area contributed by atoms with Crippen molar-refractivity contribution >= 4 is 28.4 Å². The van der Waals surface area contributed by atoms with E-state index in [1.165, 1.54) is 23.1 Å². The lowest BCUT2D eigenvalue weighted by Crippen LogP contribution is -2.29. The van der Waals surface area contributed by atoms with Gasteiger partial charge < -0.3 is 15.0 Å². The number of likely N-dealkylation sites (tertiary alicyclic amines) is 1. The van der Waals surface area contributed by atoms with Gasteiger partial charge in [0.1, 0.15) is 11.6 Å². The Kier molecular flexibility index (Phi) is 4.78. The molecule has 0 spiro atoms. The number of ketones is 1. The Morgan fingerprint density at radius 3 is 2.53 bits per heavy atom. The van der Waals surface area contributed by atoms with Crippen LogP contribution in [0.3, 0.4) is 0 Å². The van der Waals surface area contributed by atoms with E-state index in [-0.39, 0.29) is 23.4 Å². The van der Waals surface area contributed by atoms with Crippen LogP contribution in [0.1, 0.15) is 22.7 Å². The van der Waals surface area contributed by atoms with Gasteiger partial charge in [-0.3, -0.25) is 14.6 Å². The number of amides is 1.